The van der Waals surface area contributed by atoms with Crippen molar-refractivity contribution in [1.29, 1.82) is 0 Å². The molecular formula is C19H22N4O6. The van der Waals surface area contributed by atoms with Gasteiger partial charge in [-0.2, -0.15) is 0 Å². The van der Waals surface area contributed by atoms with Crippen molar-refractivity contribution in [2.75, 3.05) is 25.5 Å². The molecule has 4 rings (SSSR count). The summed E-state index contributed by atoms with van der Waals surface area (Å²) in [6.45, 7) is 4.12. The summed E-state index contributed by atoms with van der Waals surface area (Å²) in [5.74, 6) is -1.22. The molecule has 1 aromatic rings. The molecule has 0 aliphatic carbocycles. The lowest BCUT2D eigenvalue weighted by atomic mass is 9.66. The van der Waals surface area contributed by atoms with E-state index in [2.05, 4.69) is 0 Å². The third-order valence-electron chi connectivity index (χ3n) is 6.19. The van der Waals surface area contributed by atoms with Crippen molar-refractivity contribution >= 4 is 29.2 Å². The van der Waals surface area contributed by atoms with Crippen molar-refractivity contribution in [2.45, 2.75) is 38.5 Å². The Morgan fingerprint density at radius 3 is 2.34 bits per heavy atom. The van der Waals surface area contributed by atoms with E-state index in [1.54, 1.807) is 6.07 Å². The molecule has 0 bridgehead atoms. The van der Waals surface area contributed by atoms with E-state index in [1.807, 2.05) is 18.7 Å². The fourth-order valence-electron chi connectivity index (χ4n) is 5.05. The third kappa shape index (κ3) is 2.48. The number of carbonyl (C=O) groups is 3. The number of amides is 4. The highest BCUT2D eigenvalue weighted by atomic mass is 16.6. The van der Waals surface area contributed by atoms with E-state index in [-0.39, 0.29) is 18.2 Å². The molecule has 10 nitrogen and oxygen atoms in total. The fraction of sp³-hybridized carbons (Fsp3) is 0.526. The molecule has 2 fully saturated rings. The second kappa shape index (κ2) is 6.24. The summed E-state index contributed by atoms with van der Waals surface area (Å²) >= 11 is 0. The number of non-ortho nitro benzene ring substituents is 1. The van der Waals surface area contributed by atoms with Gasteiger partial charge in [0.1, 0.15) is 0 Å². The smallest absolute Gasteiger partial charge is 0.332 e. The molecule has 0 unspecified atom stereocenters. The maximum atomic E-state index is 13.4. The van der Waals surface area contributed by atoms with Crippen LogP contribution in [-0.2, 0) is 20.7 Å². The van der Waals surface area contributed by atoms with Gasteiger partial charge in [-0.15, -0.1) is 0 Å². The number of nitrogens with zero attached hydrogens (tertiary/aromatic N) is 4. The molecule has 10 heteroatoms. The number of carbonyl (C=O) groups excluding carboxylic acids is 3. The van der Waals surface area contributed by atoms with Crippen molar-refractivity contribution in [3.05, 3.63) is 33.9 Å². The molecule has 154 valence electrons. The van der Waals surface area contributed by atoms with Gasteiger partial charge in [-0.05, 0) is 25.5 Å². The van der Waals surface area contributed by atoms with Crippen LogP contribution in [0.4, 0.5) is 16.2 Å². The first-order valence-corrected chi connectivity index (χ1v) is 9.39. The highest BCUT2D eigenvalue weighted by Crippen LogP contribution is 2.49. The average Bonchev–Trinajstić information content (AvgIpc) is 2.68. The fourth-order valence-corrected chi connectivity index (χ4v) is 5.05. The van der Waals surface area contributed by atoms with Gasteiger partial charge in [-0.1, -0.05) is 0 Å². The van der Waals surface area contributed by atoms with Crippen LogP contribution in [0.5, 0.6) is 0 Å². The first-order valence-electron chi connectivity index (χ1n) is 9.39. The molecule has 4 amide bonds. The van der Waals surface area contributed by atoms with Crippen LogP contribution < -0.4 is 4.90 Å². The van der Waals surface area contributed by atoms with Gasteiger partial charge in [-0.3, -0.25) is 29.5 Å². The molecule has 1 spiro atoms. The summed E-state index contributed by atoms with van der Waals surface area (Å²) in [6.07, 6.45) is -0.664. The molecule has 3 aliphatic rings. The maximum Gasteiger partial charge on any atom is 0.332 e. The first kappa shape index (κ1) is 19.3. The number of hydrogen-bond donors (Lipinski definition) is 0. The average molecular weight is 402 g/mol. The Morgan fingerprint density at radius 1 is 1.14 bits per heavy atom. The van der Waals surface area contributed by atoms with Crippen molar-refractivity contribution in [3.8, 4) is 0 Å². The number of anilines is 1. The molecule has 3 atom stereocenters. The largest absolute Gasteiger partial charge is 0.372 e. The van der Waals surface area contributed by atoms with Crippen LogP contribution in [0.2, 0.25) is 0 Å². The number of ether oxygens (including phenoxy) is 1. The summed E-state index contributed by atoms with van der Waals surface area (Å²) in [4.78, 5) is 53.8. The molecule has 0 saturated carbocycles. The minimum atomic E-state index is -1.60. The van der Waals surface area contributed by atoms with Gasteiger partial charge in [0, 0.05) is 44.9 Å². The standard InChI is InChI=1S/C19H22N4O6/c1-10-9-22-14-6-5-13(23(27)28)7-12(14)8-19(15(22)11(2)29-10)16(24)20(3)18(26)21(4)17(19)25/h5-7,10-11,15H,8-9H2,1-4H3/t10-,11-,15-/m0/s1. The van der Waals surface area contributed by atoms with Crippen molar-refractivity contribution in [1.82, 2.24) is 9.80 Å². The Hall–Kier alpha value is -3.01. The number of benzene rings is 1. The number of barbiturate groups is 1. The van der Waals surface area contributed by atoms with Crippen LogP contribution in [0.1, 0.15) is 19.4 Å². The Bertz CT molecular complexity index is 923. The molecule has 0 N–H and O–H groups in total. The summed E-state index contributed by atoms with van der Waals surface area (Å²) in [6, 6.07) is 3.17. The van der Waals surface area contributed by atoms with Gasteiger partial charge in [0.15, 0.2) is 5.41 Å². The molecular weight excluding hydrogens is 380 g/mol. The number of fused-ring (bicyclic) bond motifs is 4. The van der Waals surface area contributed by atoms with Gasteiger partial charge in [-0.25, -0.2) is 4.79 Å². The Labute approximate surface area is 167 Å². The molecule has 29 heavy (non-hydrogen) atoms. The maximum absolute atomic E-state index is 13.4. The number of morpholine rings is 1. The van der Waals surface area contributed by atoms with Crippen LogP contribution >= 0.6 is 0 Å². The lowest BCUT2D eigenvalue weighted by Crippen LogP contribution is -2.75. The van der Waals surface area contributed by atoms with E-state index in [9.17, 15) is 24.5 Å². The Kier molecular flexibility index (Phi) is 4.16. The number of nitro benzene ring substituents is 1. The summed E-state index contributed by atoms with van der Waals surface area (Å²) in [7, 11) is 2.69. The number of urea groups is 1. The van der Waals surface area contributed by atoms with Crippen molar-refractivity contribution < 1.29 is 24.0 Å². The van der Waals surface area contributed by atoms with Crippen LogP contribution in [0, 0.1) is 15.5 Å². The SMILES string of the molecule is C[C@@H]1O[C@@H](C)CN2c3ccc([N+](=O)[O-])cc3CC3(C(=O)N(C)C(=O)N(C)C3=O)[C@H]12. The Balaban J connectivity index is 1.96. The van der Waals surface area contributed by atoms with E-state index < -0.39 is 40.3 Å². The molecule has 2 saturated heterocycles. The number of rotatable bonds is 1. The molecule has 0 aromatic heterocycles. The third-order valence-corrected chi connectivity index (χ3v) is 6.19. The summed E-state index contributed by atoms with van der Waals surface area (Å²) in [5.41, 5.74) is -0.426. The second-order valence-corrected chi connectivity index (χ2v) is 7.98. The predicted octanol–water partition coefficient (Wildman–Crippen LogP) is 1.17. The lowest BCUT2D eigenvalue weighted by molar-refractivity contribution is -0.384. The Morgan fingerprint density at radius 2 is 1.76 bits per heavy atom. The summed E-state index contributed by atoms with van der Waals surface area (Å²) < 4.78 is 5.98. The van der Waals surface area contributed by atoms with E-state index in [4.69, 9.17) is 4.74 Å². The zero-order valence-corrected chi connectivity index (χ0v) is 16.6. The molecule has 3 aliphatic heterocycles. The van der Waals surface area contributed by atoms with Crippen molar-refractivity contribution in [2.24, 2.45) is 5.41 Å². The lowest BCUT2D eigenvalue weighted by Gasteiger charge is -2.57. The van der Waals surface area contributed by atoms with Gasteiger partial charge in [0.2, 0.25) is 11.8 Å². The van der Waals surface area contributed by atoms with E-state index in [1.165, 1.54) is 26.2 Å². The van der Waals surface area contributed by atoms with Gasteiger partial charge in [0.25, 0.3) is 5.69 Å². The molecule has 3 heterocycles. The first-order chi connectivity index (χ1) is 13.6. The van der Waals surface area contributed by atoms with Gasteiger partial charge in [0.05, 0.1) is 23.2 Å². The zero-order valence-electron chi connectivity index (χ0n) is 16.6. The summed E-state index contributed by atoms with van der Waals surface area (Å²) in [5, 5.41) is 11.3. The van der Waals surface area contributed by atoms with Crippen LogP contribution in [-0.4, -0.2) is 71.5 Å². The minimum Gasteiger partial charge on any atom is -0.372 e. The van der Waals surface area contributed by atoms with E-state index >= 15 is 0 Å². The minimum absolute atomic E-state index is 0.0348. The molecule has 0 radical (unpaired) electrons. The highest BCUT2D eigenvalue weighted by Gasteiger charge is 2.65. The van der Waals surface area contributed by atoms with Crippen LogP contribution in [0.25, 0.3) is 0 Å². The van der Waals surface area contributed by atoms with E-state index in [0.717, 1.165) is 15.5 Å². The van der Waals surface area contributed by atoms with Crippen LogP contribution in [0.3, 0.4) is 0 Å². The zero-order chi connectivity index (χ0) is 21.2. The highest BCUT2D eigenvalue weighted by molar-refractivity contribution is 6.20. The van der Waals surface area contributed by atoms with Crippen LogP contribution in [0.15, 0.2) is 18.2 Å². The monoisotopic (exact) mass is 402 g/mol. The normalized spacial score (nSPS) is 28.5. The van der Waals surface area contributed by atoms with Gasteiger partial charge < -0.3 is 9.64 Å². The number of nitro groups is 1. The van der Waals surface area contributed by atoms with Gasteiger partial charge >= 0.3 is 6.03 Å². The second-order valence-electron chi connectivity index (χ2n) is 7.98. The molecule has 1 aromatic carbocycles. The predicted molar refractivity (Wildman–Crippen MR) is 101 cm³/mol. The number of imide groups is 2. The topological polar surface area (TPSA) is 113 Å². The van der Waals surface area contributed by atoms with Crippen molar-refractivity contribution in [3.63, 3.8) is 0 Å². The number of hydrogen-bond acceptors (Lipinski definition) is 7. The quantitative estimate of drug-likeness (QED) is 0.394. The van der Waals surface area contributed by atoms with E-state index in [0.29, 0.717) is 12.1 Å².